The topological polar surface area (TPSA) is 46.5 Å². The van der Waals surface area contributed by atoms with Crippen LogP contribution >= 0.6 is 0 Å². The molecule has 1 saturated carbocycles. The van der Waals surface area contributed by atoms with E-state index in [0.29, 0.717) is 6.42 Å². The molecule has 18 heavy (non-hydrogen) atoms. The molecule has 0 aromatic carbocycles. The van der Waals surface area contributed by atoms with Gasteiger partial charge in [-0.2, -0.15) is 0 Å². The van der Waals surface area contributed by atoms with Gasteiger partial charge in [0.2, 0.25) is 0 Å². The van der Waals surface area contributed by atoms with E-state index in [1.54, 1.807) is 6.92 Å². The van der Waals surface area contributed by atoms with Gasteiger partial charge in [0.1, 0.15) is 5.60 Å². The Balaban J connectivity index is 2.10. The summed E-state index contributed by atoms with van der Waals surface area (Å²) in [5, 5.41) is 10.8. The molecule has 2 fully saturated rings. The lowest BCUT2D eigenvalue weighted by Gasteiger charge is -2.49. The number of carbonyl (C=O) groups is 1. The average Bonchev–Trinajstić information content (AvgIpc) is 2.53. The fraction of sp³-hybridized carbons (Fsp3) is 0.800. The first-order chi connectivity index (χ1) is 8.38. The van der Waals surface area contributed by atoms with Gasteiger partial charge in [0.25, 0.3) is 0 Å². The highest BCUT2D eigenvalue weighted by atomic mass is 16.6. The Hall–Kier alpha value is -0.830. The minimum atomic E-state index is -0.968. The molecule has 0 spiro atoms. The van der Waals surface area contributed by atoms with Crippen LogP contribution in [-0.4, -0.2) is 22.8 Å². The molecule has 3 aliphatic rings. The molecule has 0 amide bonds. The molecule has 2 aliphatic carbocycles. The lowest BCUT2D eigenvalue weighted by atomic mass is 9.58. The van der Waals surface area contributed by atoms with Crippen LogP contribution in [0.2, 0.25) is 0 Å². The van der Waals surface area contributed by atoms with Crippen LogP contribution in [0.15, 0.2) is 11.1 Å². The first-order valence-corrected chi connectivity index (χ1v) is 7.01. The van der Waals surface area contributed by atoms with Crippen molar-refractivity contribution in [1.82, 2.24) is 0 Å². The van der Waals surface area contributed by atoms with E-state index in [1.807, 2.05) is 0 Å². The molecule has 3 rings (SSSR count). The summed E-state index contributed by atoms with van der Waals surface area (Å²) in [4.78, 5) is 11.8. The van der Waals surface area contributed by atoms with Crippen molar-refractivity contribution >= 4 is 5.97 Å². The van der Waals surface area contributed by atoms with Crippen molar-refractivity contribution in [2.24, 2.45) is 11.3 Å². The van der Waals surface area contributed by atoms with Crippen LogP contribution in [0.1, 0.15) is 52.9 Å². The maximum atomic E-state index is 11.8. The first-order valence-electron chi connectivity index (χ1n) is 7.01. The first kappa shape index (κ1) is 12.2. The zero-order valence-corrected chi connectivity index (χ0v) is 11.5. The van der Waals surface area contributed by atoms with Gasteiger partial charge in [0, 0.05) is 0 Å². The third kappa shape index (κ3) is 1.37. The summed E-state index contributed by atoms with van der Waals surface area (Å²) in [6, 6.07) is 0. The Morgan fingerprint density at radius 2 is 2.06 bits per heavy atom. The van der Waals surface area contributed by atoms with Crippen molar-refractivity contribution in [3.63, 3.8) is 0 Å². The van der Waals surface area contributed by atoms with Crippen molar-refractivity contribution in [1.29, 1.82) is 0 Å². The van der Waals surface area contributed by atoms with Gasteiger partial charge in [-0.1, -0.05) is 12.5 Å². The molecular formula is C15H22O3. The Labute approximate surface area is 108 Å². The molecule has 4 atom stereocenters. The summed E-state index contributed by atoms with van der Waals surface area (Å²) < 4.78 is 5.54. The van der Waals surface area contributed by atoms with E-state index in [1.165, 1.54) is 17.6 Å². The van der Waals surface area contributed by atoms with Crippen LogP contribution in [0.5, 0.6) is 0 Å². The fourth-order valence-electron chi connectivity index (χ4n) is 4.21. The van der Waals surface area contributed by atoms with E-state index in [2.05, 4.69) is 13.8 Å². The SMILES string of the molecule is CC1=C2[C@H]3OC(=O)[C@H](C)[C@@]3(O)CC[C@@]2(C)CCC1. The lowest BCUT2D eigenvalue weighted by molar-refractivity contribution is -0.143. The van der Waals surface area contributed by atoms with Gasteiger partial charge in [-0.3, -0.25) is 4.79 Å². The van der Waals surface area contributed by atoms with E-state index in [4.69, 9.17) is 4.74 Å². The number of allylic oxidation sites excluding steroid dienone is 1. The van der Waals surface area contributed by atoms with E-state index < -0.39 is 11.5 Å². The van der Waals surface area contributed by atoms with Crippen LogP contribution < -0.4 is 0 Å². The van der Waals surface area contributed by atoms with Crippen LogP contribution in [-0.2, 0) is 9.53 Å². The second kappa shape index (κ2) is 3.60. The third-order valence-corrected chi connectivity index (χ3v) is 5.52. The standard InChI is InChI=1S/C15H22O3/c1-9-5-4-6-14(3)7-8-15(17)10(2)13(16)18-12(15)11(9)14/h10,12,17H,4-8H2,1-3H3/t10-,12+,14+,15-/m0/s1. The number of ether oxygens (including phenoxy) is 1. The molecule has 1 N–H and O–H groups in total. The highest BCUT2D eigenvalue weighted by Crippen LogP contribution is 2.56. The largest absolute Gasteiger partial charge is 0.454 e. The Bertz CT molecular complexity index is 439. The zero-order chi connectivity index (χ0) is 13.1. The number of esters is 1. The summed E-state index contributed by atoms with van der Waals surface area (Å²) in [5.41, 5.74) is 1.71. The van der Waals surface area contributed by atoms with Gasteiger partial charge in [0.15, 0.2) is 6.10 Å². The minimum Gasteiger partial charge on any atom is -0.454 e. The molecule has 1 aliphatic heterocycles. The van der Waals surface area contributed by atoms with Gasteiger partial charge in [-0.05, 0) is 56.9 Å². The number of fused-ring (bicyclic) bond motifs is 3. The van der Waals surface area contributed by atoms with Gasteiger partial charge < -0.3 is 9.84 Å². The average molecular weight is 250 g/mol. The molecule has 0 unspecified atom stereocenters. The monoisotopic (exact) mass is 250 g/mol. The van der Waals surface area contributed by atoms with Crippen LogP contribution in [0.25, 0.3) is 0 Å². The van der Waals surface area contributed by atoms with E-state index >= 15 is 0 Å². The summed E-state index contributed by atoms with van der Waals surface area (Å²) in [6.45, 7) is 6.19. The molecule has 0 aromatic rings. The summed E-state index contributed by atoms with van der Waals surface area (Å²) >= 11 is 0. The maximum Gasteiger partial charge on any atom is 0.312 e. The predicted molar refractivity (Wildman–Crippen MR) is 67.9 cm³/mol. The molecule has 1 saturated heterocycles. The Kier molecular flexibility index (Phi) is 2.44. The second-order valence-corrected chi connectivity index (χ2v) is 6.64. The zero-order valence-electron chi connectivity index (χ0n) is 11.5. The Morgan fingerprint density at radius 3 is 2.78 bits per heavy atom. The van der Waals surface area contributed by atoms with Crippen molar-refractivity contribution in [2.45, 2.75) is 64.6 Å². The lowest BCUT2D eigenvalue weighted by Crippen LogP contribution is -2.52. The van der Waals surface area contributed by atoms with E-state index in [-0.39, 0.29) is 17.5 Å². The van der Waals surface area contributed by atoms with Crippen LogP contribution in [0.4, 0.5) is 0 Å². The summed E-state index contributed by atoms with van der Waals surface area (Å²) in [6.07, 6.45) is 4.69. The normalized spacial score (nSPS) is 47.7. The summed E-state index contributed by atoms with van der Waals surface area (Å²) in [5.74, 6) is -0.633. The third-order valence-electron chi connectivity index (χ3n) is 5.52. The van der Waals surface area contributed by atoms with Crippen molar-refractivity contribution < 1.29 is 14.6 Å². The minimum absolute atomic E-state index is 0.129. The predicted octanol–water partition coefficient (Wildman–Crippen LogP) is 2.58. The molecular weight excluding hydrogens is 228 g/mol. The van der Waals surface area contributed by atoms with Crippen LogP contribution in [0.3, 0.4) is 0 Å². The molecule has 0 bridgehead atoms. The quantitative estimate of drug-likeness (QED) is 0.531. The molecule has 3 nitrogen and oxygen atoms in total. The van der Waals surface area contributed by atoms with Crippen molar-refractivity contribution in [2.75, 3.05) is 0 Å². The number of hydrogen-bond acceptors (Lipinski definition) is 3. The highest BCUT2D eigenvalue weighted by molar-refractivity contribution is 5.77. The number of rotatable bonds is 0. The Morgan fingerprint density at radius 1 is 1.33 bits per heavy atom. The molecule has 0 aromatic heterocycles. The molecule has 0 radical (unpaired) electrons. The fourth-order valence-corrected chi connectivity index (χ4v) is 4.21. The van der Waals surface area contributed by atoms with Gasteiger partial charge in [-0.15, -0.1) is 0 Å². The van der Waals surface area contributed by atoms with E-state index in [0.717, 1.165) is 19.3 Å². The molecule has 3 heteroatoms. The number of aliphatic hydroxyl groups is 1. The number of hydrogen-bond donors (Lipinski definition) is 1. The van der Waals surface area contributed by atoms with Crippen molar-refractivity contribution in [3.8, 4) is 0 Å². The van der Waals surface area contributed by atoms with Gasteiger partial charge in [0.05, 0.1) is 5.92 Å². The molecule has 1 heterocycles. The molecule has 100 valence electrons. The van der Waals surface area contributed by atoms with E-state index in [9.17, 15) is 9.90 Å². The number of carbonyl (C=O) groups excluding carboxylic acids is 1. The van der Waals surface area contributed by atoms with Gasteiger partial charge >= 0.3 is 5.97 Å². The smallest absolute Gasteiger partial charge is 0.312 e. The van der Waals surface area contributed by atoms with Crippen molar-refractivity contribution in [3.05, 3.63) is 11.1 Å². The second-order valence-electron chi connectivity index (χ2n) is 6.64. The van der Waals surface area contributed by atoms with Gasteiger partial charge in [-0.25, -0.2) is 0 Å². The van der Waals surface area contributed by atoms with Crippen LogP contribution in [0, 0.1) is 11.3 Å². The highest BCUT2D eigenvalue weighted by Gasteiger charge is 2.61. The maximum absolute atomic E-state index is 11.8. The summed E-state index contributed by atoms with van der Waals surface area (Å²) in [7, 11) is 0.